The summed E-state index contributed by atoms with van der Waals surface area (Å²) in [5.41, 5.74) is 2.43. The summed E-state index contributed by atoms with van der Waals surface area (Å²) in [7, 11) is 0. The van der Waals surface area contributed by atoms with E-state index in [-0.39, 0.29) is 0 Å². The first-order valence-electron chi connectivity index (χ1n) is 5.86. The molecule has 2 aromatic heterocycles. The number of rotatable bonds is 4. The molecule has 6 heteroatoms. The van der Waals surface area contributed by atoms with E-state index in [4.69, 9.17) is 0 Å². The van der Waals surface area contributed by atoms with Crippen molar-refractivity contribution in [3.8, 4) is 0 Å². The van der Waals surface area contributed by atoms with Crippen molar-refractivity contribution >= 4 is 28.3 Å². The van der Waals surface area contributed by atoms with Crippen LogP contribution in [0.5, 0.6) is 0 Å². The second kappa shape index (κ2) is 5.29. The SMILES string of the molecule is OC(CNc1nnc2ccccc2n1)c1ccsc1. The number of fused-ring (bicyclic) bond motifs is 1. The van der Waals surface area contributed by atoms with Crippen LogP contribution < -0.4 is 5.32 Å². The van der Waals surface area contributed by atoms with Gasteiger partial charge in [-0.25, -0.2) is 4.98 Å². The van der Waals surface area contributed by atoms with E-state index in [2.05, 4.69) is 20.5 Å². The van der Waals surface area contributed by atoms with Crippen molar-refractivity contribution in [1.82, 2.24) is 15.2 Å². The van der Waals surface area contributed by atoms with E-state index in [1.54, 1.807) is 11.3 Å². The Morgan fingerprint density at radius 2 is 2.00 bits per heavy atom. The molecule has 0 saturated carbocycles. The lowest BCUT2D eigenvalue weighted by Crippen LogP contribution is -2.13. The molecule has 0 bridgehead atoms. The number of nitrogens with one attached hydrogen (secondary N) is 1. The van der Waals surface area contributed by atoms with Crippen LogP contribution in [0.25, 0.3) is 11.0 Å². The van der Waals surface area contributed by atoms with Gasteiger partial charge in [0.2, 0.25) is 5.95 Å². The Morgan fingerprint density at radius 3 is 2.79 bits per heavy atom. The van der Waals surface area contributed by atoms with E-state index >= 15 is 0 Å². The highest BCUT2D eigenvalue weighted by molar-refractivity contribution is 7.07. The van der Waals surface area contributed by atoms with Crippen molar-refractivity contribution in [3.63, 3.8) is 0 Å². The second-order valence-electron chi connectivity index (χ2n) is 4.08. The number of aliphatic hydroxyl groups is 1. The fourth-order valence-electron chi connectivity index (χ4n) is 1.73. The van der Waals surface area contributed by atoms with Crippen molar-refractivity contribution in [2.24, 2.45) is 0 Å². The van der Waals surface area contributed by atoms with Gasteiger partial charge in [-0.3, -0.25) is 0 Å². The first-order chi connectivity index (χ1) is 9.33. The molecule has 2 heterocycles. The molecule has 3 rings (SSSR count). The van der Waals surface area contributed by atoms with E-state index in [9.17, 15) is 5.11 Å². The highest BCUT2D eigenvalue weighted by atomic mass is 32.1. The Kier molecular flexibility index (Phi) is 3.35. The monoisotopic (exact) mass is 272 g/mol. The molecular formula is C13H12N4OS. The number of nitrogens with zero attached hydrogens (tertiary/aromatic N) is 3. The van der Waals surface area contributed by atoms with Crippen LogP contribution in [0.1, 0.15) is 11.7 Å². The lowest BCUT2D eigenvalue weighted by atomic mass is 10.2. The summed E-state index contributed by atoms with van der Waals surface area (Å²) in [6.45, 7) is 0.358. The van der Waals surface area contributed by atoms with Crippen LogP contribution in [-0.4, -0.2) is 26.8 Å². The average Bonchev–Trinajstić information content (AvgIpc) is 2.99. The van der Waals surface area contributed by atoms with Gasteiger partial charge in [0.05, 0.1) is 11.6 Å². The molecular weight excluding hydrogens is 260 g/mol. The standard InChI is InChI=1S/C13H12N4OS/c18-12(9-5-6-19-8-9)7-14-13-15-10-3-1-2-4-11(10)16-17-13/h1-6,8,12,18H,7H2,(H,14,15,17). The zero-order valence-electron chi connectivity index (χ0n) is 10.0. The van der Waals surface area contributed by atoms with Gasteiger partial charge in [-0.2, -0.15) is 11.3 Å². The highest BCUT2D eigenvalue weighted by Crippen LogP contribution is 2.16. The van der Waals surface area contributed by atoms with Gasteiger partial charge in [0.25, 0.3) is 0 Å². The molecule has 1 aromatic carbocycles. The molecule has 5 nitrogen and oxygen atoms in total. The molecule has 0 aliphatic carbocycles. The van der Waals surface area contributed by atoms with Crippen LogP contribution in [-0.2, 0) is 0 Å². The predicted octanol–water partition coefficient (Wildman–Crippen LogP) is 2.23. The summed E-state index contributed by atoms with van der Waals surface area (Å²) in [6.07, 6.45) is -0.568. The number of aliphatic hydroxyl groups excluding tert-OH is 1. The quantitative estimate of drug-likeness (QED) is 0.762. The molecule has 2 N–H and O–H groups in total. The molecule has 96 valence electrons. The average molecular weight is 272 g/mol. The van der Waals surface area contributed by atoms with Gasteiger partial charge in [-0.15, -0.1) is 10.2 Å². The Bertz CT molecular complexity index is 671. The third-order valence-electron chi connectivity index (χ3n) is 2.74. The van der Waals surface area contributed by atoms with Gasteiger partial charge in [0.1, 0.15) is 5.52 Å². The fourth-order valence-corrected chi connectivity index (χ4v) is 2.43. The Balaban J connectivity index is 1.71. The molecule has 19 heavy (non-hydrogen) atoms. The minimum atomic E-state index is -0.568. The van der Waals surface area contributed by atoms with E-state index in [0.717, 1.165) is 16.6 Å². The van der Waals surface area contributed by atoms with E-state index in [1.807, 2.05) is 41.1 Å². The maximum atomic E-state index is 9.95. The zero-order valence-corrected chi connectivity index (χ0v) is 10.8. The summed E-state index contributed by atoms with van der Waals surface area (Å²) in [4.78, 5) is 4.34. The van der Waals surface area contributed by atoms with Crippen molar-refractivity contribution in [2.45, 2.75) is 6.10 Å². The third kappa shape index (κ3) is 2.69. The lowest BCUT2D eigenvalue weighted by molar-refractivity contribution is 0.192. The van der Waals surface area contributed by atoms with Crippen molar-refractivity contribution in [3.05, 3.63) is 46.7 Å². The van der Waals surface area contributed by atoms with Crippen LogP contribution in [0.15, 0.2) is 41.1 Å². The van der Waals surface area contributed by atoms with Gasteiger partial charge in [0.15, 0.2) is 0 Å². The summed E-state index contributed by atoms with van der Waals surface area (Å²) < 4.78 is 0. The zero-order chi connectivity index (χ0) is 13.1. The third-order valence-corrected chi connectivity index (χ3v) is 3.44. The van der Waals surface area contributed by atoms with Gasteiger partial charge in [-0.1, -0.05) is 12.1 Å². The number of hydrogen-bond acceptors (Lipinski definition) is 6. The lowest BCUT2D eigenvalue weighted by Gasteiger charge is -2.10. The number of para-hydroxylation sites is 1. The largest absolute Gasteiger partial charge is 0.387 e. The Hall–Kier alpha value is -2.05. The summed E-state index contributed by atoms with van der Waals surface area (Å²) in [5.74, 6) is 0.424. The minimum Gasteiger partial charge on any atom is -0.387 e. The van der Waals surface area contributed by atoms with Crippen molar-refractivity contribution in [2.75, 3.05) is 11.9 Å². The van der Waals surface area contributed by atoms with Crippen molar-refractivity contribution < 1.29 is 5.11 Å². The maximum absolute atomic E-state index is 9.95. The second-order valence-corrected chi connectivity index (χ2v) is 4.86. The van der Waals surface area contributed by atoms with Crippen LogP contribution in [0.3, 0.4) is 0 Å². The molecule has 3 aromatic rings. The number of thiophene rings is 1. The highest BCUT2D eigenvalue weighted by Gasteiger charge is 2.08. The molecule has 0 radical (unpaired) electrons. The Labute approximate surface area is 114 Å². The normalized spacial score (nSPS) is 12.5. The van der Waals surface area contributed by atoms with Gasteiger partial charge in [0, 0.05) is 6.54 Å². The minimum absolute atomic E-state index is 0.358. The van der Waals surface area contributed by atoms with Gasteiger partial charge in [-0.05, 0) is 34.5 Å². The first-order valence-corrected chi connectivity index (χ1v) is 6.81. The van der Waals surface area contributed by atoms with E-state index in [1.165, 1.54) is 0 Å². The molecule has 0 aliphatic rings. The van der Waals surface area contributed by atoms with Crippen LogP contribution >= 0.6 is 11.3 Å². The van der Waals surface area contributed by atoms with Crippen LogP contribution in [0, 0.1) is 0 Å². The van der Waals surface area contributed by atoms with Gasteiger partial charge < -0.3 is 10.4 Å². The summed E-state index contributed by atoms with van der Waals surface area (Å²) >= 11 is 1.56. The number of anilines is 1. The molecule has 0 saturated heterocycles. The Morgan fingerprint density at radius 1 is 1.16 bits per heavy atom. The van der Waals surface area contributed by atoms with E-state index < -0.39 is 6.10 Å². The van der Waals surface area contributed by atoms with Crippen molar-refractivity contribution in [1.29, 1.82) is 0 Å². The van der Waals surface area contributed by atoms with Gasteiger partial charge >= 0.3 is 0 Å². The first kappa shape index (κ1) is 12.0. The number of hydrogen-bond donors (Lipinski definition) is 2. The van der Waals surface area contributed by atoms with Crippen LogP contribution in [0.2, 0.25) is 0 Å². The molecule has 0 fully saturated rings. The fraction of sp³-hybridized carbons (Fsp3) is 0.154. The molecule has 0 amide bonds. The van der Waals surface area contributed by atoms with E-state index in [0.29, 0.717) is 12.5 Å². The smallest absolute Gasteiger partial charge is 0.243 e. The maximum Gasteiger partial charge on any atom is 0.243 e. The predicted molar refractivity (Wildman–Crippen MR) is 75.1 cm³/mol. The molecule has 1 atom stereocenters. The molecule has 0 aliphatic heterocycles. The summed E-state index contributed by atoms with van der Waals surface area (Å²) in [5, 5.41) is 24.9. The summed E-state index contributed by atoms with van der Waals surface area (Å²) in [6, 6.07) is 9.44. The number of benzene rings is 1. The molecule has 0 spiro atoms. The van der Waals surface area contributed by atoms with Crippen LogP contribution in [0.4, 0.5) is 5.95 Å². The molecule has 1 unspecified atom stereocenters. The number of aromatic nitrogens is 3. The topological polar surface area (TPSA) is 70.9 Å².